The van der Waals surface area contributed by atoms with Crippen molar-refractivity contribution in [1.82, 2.24) is 19.8 Å². The lowest BCUT2D eigenvalue weighted by molar-refractivity contribution is 0.0692. The molecule has 90 valence electrons. The van der Waals surface area contributed by atoms with E-state index in [1.54, 1.807) is 0 Å². The first-order valence-corrected chi connectivity index (χ1v) is 4.87. The fourth-order valence-electron chi connectivity index (χ4n) is 1.75. The highest BCUT2D eigenvalue weighted by atomic mass is 19.1. The minimum absolute atomic E-state index is 0.0492. The second kappa shape index (κ2) is 3.36. The number of carboxylic acids is 1. The molecule has 2 heterocycles. The third-order valence-corrected chi connectivity index (χ3v) is 2.53. The summed E-state index contributed by atoms with van der Waals surface area (Å²) in [6.45, 7) is 0. The summed E-state index contributed by atoms with van der Waals surface area (Å²) in [5.41, 5.74) is -0.857. The van der Waals surface area contributed by atoms with Crippen LogP contribution in [0, 0.1) is 5.82 Å². The number of nitrogens with zero attached hydrogens (tertiary/aromatic N) is 3. The number of nitrogens with one attached hydrogen (secondary N) is 1. The Balaban J connectivity index is 2.56. The highest BCUT2D eigenvalue weighted by molar-refractivity contribution is 5.93. The first kappa shape index (κ1) is 10.4. The van der Waals surface area contributed by atoms with E-state index in [1.165, 1.54) is 10.6 Å². The van der Waals surface area contributed by atoms with E-state index >= 15 is 0 Å². The zero-order valence-electron chi connectivity index (χ0n) is 8.72. The van der Waals surface area contributed by atoms with Crippen LogP contribution in [0.2, 0.25) is 0 Å². The van der Waals surface area contributed by atoms with Gasteiger partial charge in [-0.3, -0.25) is 4.79 Å². The highest BCUT2D eigenvalue weighted by Crippen LogP contribution is 2.13. The van der Waals surface area contributed by atoms with E-state index in [2.05, 4.69) is 15.3 Å². The topological polar surface area (TPSA) is 100 Å². The molecule has 18 heavy (non-hydrogen) atoms. The van der Waals surface area contributed by atoms with Crippen molar-refractivity contribution in [3.8, 4) is 0 Å². The number of H-pyrrole nitrogens is 1. The molecule has 1 aromatic carbocycles. The molecular formula is C10H5FN4O3. The smallest absolute Gasteiger partial charge is 0.360 e. The Morgan fingerprint density at radius 3 is 2.94 bits per heavy atom. The fourth-order valence-corrected chi connectivity index (χ4v) is 1.75. The van der Waals surface area contributed by atoms with Gasteiger partial charge in [0, 0.05) is 0 Å². The molecule has 0 spiro atoms. The molecule has 0 aliphatic rings. The van der Waals surface area contributed by atoms with E-state index in [1.807, 2.05) is 0 Å². The molecule has 0 radical (unpaired) electrons. The molecule has 0 saturated heterocycles. The molecule has 0 aliphatic heterocycles. The predicted molar refractivity (Wildman–Crippen MR) is 58.0 cm³/mol. The average molecular weight is 248 g/mol. The van der Waals surface area contributed by atoms with Crippen molar-refractivity contribution >= 4 is 22.5 Å². The summed E-state index contributed by atoms with van der Waals surface area (Å²) in [5.74, 6) is -1.87. The maximum Gasteiger partial charge on any atom is 0.360 e. The molecule has 0 unspecified atom stereocenters. The molecule has 7 nitrogen and oxygen atoms in total. The van der Waals surface area contributed by atoms with E-state index in [9.17, 15) is 14.0 Å². The lowest BCUT2D eigenvalue weighted by atomic mass is 10.2. The Morgan fingerprint density at radius 1 is 1.44 bits per heavy atom. The molecular weight excluding hydrogens is 243 g/mol. The molecule has 0 amide bonds. The van der Waals surface area contributed by atoms with Crippen LogP contribution < -0.4 is 5.56 Å². The van der Waals surface area contributed by atoms with E-state index in [-0.39, 0.29) is 16.7 Å². The van der Waals surface area contributed by atoms with Gasteiger partial charge in [0.25, 0.3) is 5.56 Å². The van der Waals surface area contributed by atoms with Crippen LogP contribution >= 0.6 is 0 Å². The number of halogens is 1. The number of benzene rings is 1. The van der Waals surface area contributed by atoms with Crippen molar-refractivity contribution in [2.75, 3.05) is 0 Å². The number of rotatable bonds is 1. The maximum atomic E-state index is 13.1. The minimum atomic E-state index is -1.30. The van der Waals surface area contributed by atoms with E-state index < -0.39 is 17.3 Å². The van der Waals surface area contributed by atoms with Gasteiger partial charge in [-0.15, -0.1) is 5.10 Å². The summed E-state index contributed by atoms with van der Waals surface area (Å²) in [6.07, 6.45) is 0. The van der Waals surface area contributed by atoms with Crippen LogP contribution in [0.5, 0.6) is 0 Å². The van der Waals surface area contributed by atoms with Gasteiger partial charge in [0.1, 0.15) is 5.82 Å². The highest BCUT2D eigenvalue weighted by Gasteiger charge is 2.17. The number of fused-ring (bicyclic) bond motifs is 3. The molecule has 0 aliphatic carbocycles. The quantitative estimate of drug-likeness (QED) is 0.649. The number of aromatic nitrogens is 4. The van der Waals surface area contributed by atoms with E-state index in [0.29, 0.717) is 5.52 Å². The lowest BCUT2D eigenvalue weighted by Crippen LogP contribution is -2.12. The molecule has 8 heteroatoms. The largest absolute Gasteiger partial charge is 0.476 e. The van der Waals surface area contributed by atoms with Crippen LogP contribution in [0.4, 0.5) is 4.39 Å². The van der Waals surface area contributed by atoms with Gasteiger partial charge in [-0.1, -0.05) is 0 Å². The van der Waals surface area contributed by atoms with Crippen LogP contribution in [-0.4, -0.2) is 30.9 Å². The monoisotopic (exact) mass is 248 g/mol. The Bertz CT molecular complexity index is 851. The van der Waals surface area contributed by atoms with Crippen molar-refractivity contribution in [3.05, 3.63) is 40.1 Å². The van der Waals surface area contributed by atoms with Gasteiger partial charge in [-0.25, -0.2) is 18.9 Å². The minimum Gasteiger partial charge on any atom is -0.476 e. The molecule has 2 N–H and O–H groups in total. The van der Waals surface area contributed by atoms with E-state index in [4.69, 9.17) is 5.11 Å². The van der Waals surface area contributed by atoms with E-state index in [0.717, 1.165) is 12.1 Å². The van der Waals surface area contributed by atoms with Crippen molar-refractivity contribution in [3.63, 3.8) is 0 Å². The number of carboxylic acid groups (broad SMARTS) is 1. The summed E-state index contributed by atoms with van der Waals surface area (Å²) < 4.78 is 14.3. The normalized spacial score (nSPS) is 11.2. The standard InChI is InChI=1S/C10H5FN4O3/c11-4-1-2-6-5(3-4)9(16)12-8-7(10(17)18)13-14-15(6)8/h1-3,14H,(H,17,18). The number of aromatic amines is 1. The van der Waals surface area contributed by atoms with Gasteiger partial charge in [0.15, 0.2) is 5.65 Å². The second-order valence-corrected chi connectivity index (χ2v) is 3.60. The zero-order chi connectivity index (χ0) is 12.9. The zero-order valence-corrected chi connectivity index (χ0v) is 8.72. The molecule has 0 fully saturated rings. The molecule has 2 aromatic heterocycles. The molecule has 0 atom stereocenters. The summed E-state index contributed by atoms with van der Waals surface area (Å²) >= 11 is 0. The summed E-state index contributed by atoms with van der Waals surface area (Å²) in [5, 5.41) is 14.9. The van der Waals surface area contributed by atoms with Gasteiger partial charge in [-0.05, 0) is 18.2 Å². The third-order valence-electron chi connectivity index (χ3n) is 2.53. The van der Waals surface area contributed by atoms with Crippen molar-refractivity contribution in [2.45, 2.75) is 0 Å². The van der Waals surface area contributed by atoms with Crippen LogP contribution in [0.15, 0.2) is 23.0 Å². The first-order chi connectivity index (χ1) is 8.58. The second-order valence-electron chi connectivity index (χ2n) is 3.60. The van der Waals surface area contributed by atoms with Gasteiger partial charge < -0.3 is 5.11 Å². The van der Waals surface area contributed by atoms with Crippen molar-refractivity contribution in [1.29, 1.82) is 0 Å². The number of hydrogen-bond acceptors (Lipinski definition) is 4. The Labute approximate surface area is 97.5 Å². The number of carbonyl (C=O) groups is 1. The molecule has 0 saturated carbocycles. The SMILES string of the molecule is O=C(O)c1n[nH]n2c1nc(=O)c1cc(F)ccc12. The Hall–Kier alpha value is -2.77. The first-order valence-electron chi connectivity index (χ1n) is 4.87. The molecule has 3 aromatic rings. The predicted octanol–water partition coefficient (Wildman–Crippen LogP) is 0.408. The van der Waals surface area contributed by atoms with Crippen molar-refractivity contribution in [2.24, 2.45) is 0 Å². The van der Waals surface area contributed by atoms with Crippen molar-refractivity contribution < 1.29 is 14.3 Å². The van der Waals surface area contributed by atoms with Gasteiger partial charge >= 0.3 is 5.97 Å². The van der Waals surface area contributed by atoms with Gasteiger partial charge in [0.2, 0.25) is 5.69 Å². The lowest BCUT2D eigenvalue weighted by Gasteiger charge is -1.99. The number of aromatic carboxylic acids is 1. The summed E-state index contributed by atoms with van der Waals surface area (Å²) in [7, 11) is 0. The number of hydrogen-bond donors (Lipinski definition) is 2. The molecule has 3 rings (SSSR count). The summed E-state index contributed by atoms with van der Waals surface area (Å²) in [4.78, 5) is 26.2. The van der Waals surface area contributed by atoms with Gasteiger partial charge in [0.05, 0.1) is 10.9 Å². The molecule has 0 bridgehead atoms. The van der Waals surface area contributed by atoms with Gasteiger partial charge in [-0.2, -0.15) is 4.98 Å². The van der Waals surface area contributed by atoms with Crippen LogP contribution in [-0.2, 0) is 0 Å². The van der Waals surface area contributed by atoms with Crippen LogP contribution in [0.1, 0.15) is 10.5 Å². The Kier molecular flexibility index (Phi) is 1.94. The fraction of sp³-hybridized carbons (Fsp3) is 0. The Morgan fingerprint density at radius 2 is 2.22 bits per heavy atom. The average Bonchev–Trinajstić information content (AvgIpc) is 2.73. The van der Waals surface area contributed by atoms with Crippen LogP contribution in [0.3, 0.4) is 0 Å². The van der Waals surface area contributed by atoms with Crippen LogP contribution in [0.25, 0.3) is 16.6 Å². The summed E-state index contributed by atoms with van der Waals surface area (Å²) in [6, 6.07) is 3.55. The maximum absolute atomic E-state index is 13.1. The third kappa shape index (κ3) is 1.29.